The first-order valence-corrected chi connectivity index (χ1v) is 7.50. The molecule has 0 aromatic heterocycles. The summed E-state index contributed by atoms with van der Waals surface area (Å²) in [7, 11) is 0. The van der Waals surface area contributed by atoms with Crippen LogP contribution >= 0.6 is 11.8 Å². The Morgan fingerprint density at radius 3 is 2.89 bits per heavy atom. The molecule has 0 saturated heterocycles. The van der Waals surface area contributed by atoms with Gasteiger partial charge in [0.15, 0.2) is 5.17 Å². The van der Waals surface area contributed by atoms with Crippen molar-refractivity contribution in [3.8, 4) is 0 Å². The molecule has 3 heteroatoms. The van der Waals surface area contributed by atoms with Crippen LogP contribution in [0.4, 0.5) is 0 Å². The third-order valence-corrected chi connectivity index (χ3v) is 4.50. The lowest BCUT2D eigenvalue weighted by molar-refractivity contribution is 0.437. The van der Waals surface area contributed by atoms with Gasteiger partial charge in [0.2, 0.25) is 0 Å². The highest BCUT2D eigenvalue weighted by Crippen LogP contribution is 2.26. The summed E-state index contributed by atoms with van der Waals surface area (Å²) in [6.45, 7) is 8.59. The van der Waals surface area contributed by atoms with Crippen molar-refractivity contribution in [3.63, 3.8) is 0 Å². The van der Waals surface area contributed by atoms with Crippen LogP contribution in [0.5, 0.6) is 0 Å². The van der Waals surface area contributed by atoms with E-state index < -0.39 is 0 Å². The predicted molar refractivity (Wildman–Crippen MR) is 81.4 cm³/mol. The van der Waals surface area contributed by atoms with Crippen molar-refractivity contribution >= 4 is 16.9 Å². The van der Waals surface area contributed by atoms with Gasteiger partial charge in [-0.3, -0.25) is 4.99 Å². The summed E-state index contributed by atoms with van der Waals surface area (Å²) in [6.07, 6.45) is 1.06. The Kier molecular flexibility index (Phi) is 4.33. The maximum absolute atomic E-state index is 4.60. The van der Waals surface area contributed by atoms with Crippen LogP contribution in [0.25, 0.3) is 0 Å². The number of nitrogens with one attached hydrogen (secondary N) is 1. The van der Waals surface area contributed by atoms with Gasteiger partial charge in [-0.2, -0.15) is 0 Å². The molecule has 1 aliphatic rings. The highest BCUT2D eigenvalue weighted by atomic mass is 32.2. The second-order valence-electron chi connectivity index (χ2n) is 5.74. The van der Waals surface area contributed by atoms with Crippen molar-refractivity contribution < 1.29 is 0 Å². The number of thioether (sulfide) groups is 1. The van der Waals surface area contributed by atoms with Gasteiger partial charge in [-0.1, -0.05) is 55.4 Å². The van der Waals surface area contributed by atoms with Crippen molar-refractivity contribution in [2.45, 2.75) is 27.2 Å². The highest BCUT2D eigenvalue weighted by Gasteiger charge is 2.22. The van der Waals surface area contributed by atoms with Gasteiger partial charge in [0.25, 0.3) is 0 Å². The van der Waals surface area contributed by atoms with Crippen molar-refractivity contribution in [1.82, 2.24) is 5.32 Å². The van der Waals surface area contributed by atoms with E-state index in [0.29, 0.717) is 5.41 Å². The zero-order valence-electron chi connectivity index (χ0n) is 11.5. The third-order valence-electron chi connectivity index (χ3n) is 3.02. The minimum atomic E-state index is 0.354. The molecule has 0 fully saturated rings. The molecule has 98 valence electrons. The second kappa shape index (κ2) is 5.79. The maximum Gasteiger partial charge on any atom is 0.156 e. The summed E-state index contributed by atoms with van der Waals surface area (Å²) in [6, 6.07) is 8.70. The number of aryl methyl sites for hydroxylation is 1. The van der Waals surface area contributed by atoms with Crippen LogP contribution in [0.3, 0.4) is 0 Å². The number of amidine groups is 1. The van der Waals surface area contributed by atoms with E-state index in [-0.39, 0.29) is 0 Å². The van der Waals surface area contributed by atoms with Gasteiger partial charge in [-0.25, -0.2) is 0 Å². The molecule has 0 aliphatic carbocycles. The predicted octanol–water partition coefficient (Wildman–Crippen LogP) is 3.26. The summed E-state index contributed by atoms with van der Waals surface area (Å²) < 4.78 is 0. The van der Waals surface area contributed by atoms with E-state index in [1.54, 1.807) is 0 Å². The SMILES string of the molecule is Cc1cccc(CCNC2=NCC(C)(C)CS2)c1. The van der Waals surface area contributed by atoms with Crippen LogP contribution in [0.15, 0.2) is 29.3 Å². The number of rotatable bonds is 3. The Labute approximate surface area is 114 Å². The maximum atomic E-state index is 4.60. The first-order valence-electron chi connectivity index (χ1n) is 6.52. The molecule has 0 bridgehead atoms. The average Bonchev–Trinajstić information content (AvgIpc) is 2.31. The number of benzene rings is 1. The summed E-state index contributed by atoms with van der Waals surface area (Å²) in [4.78, 5) is 4.60. The molecule has 2 rings (SSSR count). The molecule has 0 atom stereocenters. The fourth-order valence-corrected chi connectivity index (χ4v) is 2.91. The van der Waals surface area contributed by atoms with E-state index >= 15 is 0 Å². The smallest absolute Gasteiger partial charge is 0.156 e. The molecule has 2 nitrogen and oxygen atoms in total. The topological polar surface area (TPSA) is 24.4 Å². The monoisotopic (exact) mass is 262 g/mol. The van der Waals surface area contributed by atoms with Crippen LogP contribution in [0.2, 0.25) is 0 Å². The van der Waals surface area contributed by atoms with Crippen molar-refractivity contribution in [2.24, 2.45) is 10.4 Å². The standard InChI is InChI=1S/C15H22N2S/c1-12-5-4-6-13(9-12)7-8-16-14-17-10-15(2,3)11-18-14/h4-6,9H,7-8,10-11H2,1-3H3,(H,16,17). The molecule has 1 N–H and O–H groups in total. The van der Waals surface area contributed by atoms with Crippen LogP contribution < -0.4 is 5.32 Å². The largest absolute Gasteiger partial charge is 0.365 e. The molecule has 0 unspecified atom stereocenters. The average molecular weight is 262 g/mol. The minimum Gasteiger partial charge on any atom is -0.365 e. The lowest BCUT2D eigenvalue weighted by Crippen LogP contribution is -2.32. The van der Waals surface area contributed by atoms with Gasteiger partial charge in [0, 0.05) is 18.8 Å². The van der Waals surface area contributed by atoms with Crippen molar-refractivity contribution in [3.05, 3.63) is 35.4 Å². The summed E-state index contributed by atoms with van der Waals surface area (Å²) >= 11 is 1.85. The van der Waals surface area contributed by atoms with E-state index in [1.807, 2.05) is 11.8 Å². The van der Waals surface area contributed by atoms with Crippen LogP contribution in [-0.4, -0.2) is 24.0 Å². The van der Waals surface area contributed by atoms with E-state index in [9.17, 15) is 0 Å². The van der Waals surface area contributed by atoms with Gasteiger partial charge in [0.05, 0.1) is 0 Å². The number of hydrogen-bond donors (Lipinski definition) is 1. The molecule has 18 heavy (non-hydrogen) atoms. The molecule has 0 spiro atoms. The third kappa shape index (κ3) is 4.05. The van der Waals surface area contributed by atoms with Gasteiger partial charge in [-0.15, -0.1) is 0 Å². The first-order chi connectivity index (χ1) is 8.55. The van der Waals surface area contributed by atoms with E-state index in [0.717, 1.165) is 30.4 Å². The Balaban J connectivity index is 1.78. The van der Waals surface area contributed by atoms with Crippen molar-refractivity contribution in [2.75, 3.05) is 18.8 Å². The first kappa shape index (κ1) is 13.5. The van der Waals surface area contributed by atoms with Gasteiger partial charge >= 0.3 is 0 Å². The lowest BCUT2D eigenvalue weighted by atomic mass is 9.97. The van der Waals surface area contributed by atoms with Gasteiger partial charge in [-0.05, 0) is 24.3 Å². The Bertz CT molecular complexity index is 438. The Morgan fingerprint density at radius 2 is 2.22 bits per heavy atom. The summed E-state index contributed by atoms with van der Waals surface area (Å²) in [5.74, 6) is 1.16. The fraction of sp³-hybridized carbons (Fsp3) is 0.533. The number of hydrogen-bond acceptors (Lipinski definition) is 3. The number of nitrogens with zero attached hydrogens (tertiary/aromatic N) is 1. The molecule has 0 amide bonds. The molecule has 1 heterocycles. The van der Waals surface area contributed by atoms with Crippen LogP contribution in [0.1, 0.15) is 25.0 Å². The van der Waals surface area contributed by atoms with Crippen molar-refractivity contribution in [1.29, 1.82) is 0 Å². The van der Waals surface area contributed by atoms with Gasteiger partial charge < -0.3 is 5.32 Å². The molecule has 1 aliphatic heterocycles. The zero-order valence-corrected chi connectivity index (χ0v) is 12.3. The van der Waals surface area contributed by atoms with E-state index in [1.165, 1.54) is 11.1 Å². The minimum absolute atomic E-state index is 0.354. The number of aliphatic imine (C=N–C) groups is 1. The van der Waals surface area contributed by atoms with E-state index in [2.05, 4.69) is 55.3 Å². The Hall–Kier alpha value is -0.960. The van der Waals surface area contributed by atoms with Crippen LogP contribution in [0, 0.1) is 12.3 Å². The molecule has 0 radical (unpaired) electrons. The molecule has 0 saturated carbocycles. The molecular formula is C15H22N2S. The second-order valence-corrected chi connectivity index (χ2v) is 6.70. The summed E-state index contributed by atoms with van der Waals surface area (Å²) in [5, 5.41) is 4.55. The van der Waals surface area contributed by atoms with E-state index in [4.69, 9.17) is 0 Å². The van der Waals surface area contributed by atoms with Gasteiger partial charge in [0.1, 0.15) is 0 Å². The quantitative estimate of drug-likeness (QED) is 0.904. The molecular weight excluding hydrogens is 240 g/mol. The molecule has 1 aromatic rings. The van der Waals surface area contributed by atoms with Crippen LogP contribution in [-0.2, 0) is 6.42 Å². The molecule has 1 aromatic carbocycles. The lowest BCUT2D eigenvalue weighted by Gasteiger charge is -2.27. The highest BCUT2D eigenvalue weighted by molar-refractivity contribution is 8.13. The zero-order chi connectivity index (χ0) is 13.0. The fourth-order valence-electron chi connectivity index (χ4n) is 1.93. The Morgan fingerprint density at radius 1 is 1.39 bits per heavy atom. The summed E-state index contributed by atoms with van der Waals surface area (Å²) in [5.41, 5.74) is 3.08. The normalized spacial score (nSPS) is 18.3.